The molecule has 1 aliphatic rings. The minimum absolute atomic E-state index is 0.594. The van der Waals surface area contributed by atoms with Crippen LogP contribution < -0.4 is 0 Å². The van der Waals surface area contributed by atoms with Crippen LogP contribution in [0.15, 0.2) is 24.3 Å². The molecule has 3 rings (SSSR count). The van der Waals surface area contributed by atoms with E-state index in [4.69, 9.17) is 12.2 Å². The van der Waals surface area contributed by atoms with E-state index >= 15 is 0 Å². The lowest BCUT2D eigenvalue weighted by atomic mass is 10.0. The fraction of sp³-hybridized carbons (Fsp3) is 0.333. The van der Waals surface area contributed by atoms with Crippen LogP contribution >= 0.6 is 12.2 Å². The second-order valence-corrected chi connectivity index (χ2v) is 5.46. The monoisotopic (exact) mass is 256 g/mol. The van der Waals surface area contributed by atoms with Crippen LogP contribution in [0.25, 0.3) is 11.3 Å². The van der Waals surface area contributed by atoms with Crippen molar-refractivity contribution in [2.24, 2.45) is 0 Å². The molecule has 0 radical (unpaired) electrons. The lowest BCUT2D eigenvalue weighted by Crippen LogP contribution is -1.97. The number of benzene rings is 1. The molecule has 0 atom stereocenters. The van der Waals surface area contributed by atoms with Gasteiger partial charge in [-0.1, -0.05) is 30.4 Å². The lowest BCUT2D eigenvalue weighted by molar-refractivity contribution is 0.923. The largest absolute Gasteiger partial charge is 0.343 e. The average Bonchev–Trinajstić information content (AvgIpc) is 3.16. The second-order valence-electron chi connectivity index (χ2n) is 5.04. The van der Waals surface area contributed by atoms with Crippen molar-refractivity contribution in [1.29, 1.82) is 0 Å². The molecule has 0 spiro atoms. The van der Waals surface area contributed by atoms with E-state index in [0.29, 0.717) is 10.6 Å². The number of rotatable bonds is 2. The van der Waals surface area contributed by atoms with E-state index in [1.54, 1.807) is 0 Å². The average molecular weight is 256 g/mol. The first kappa shape index (κ1) is 11.6. The molecule has 2 nitrogen and oxygen atoms in total. The number of hydrogen-bond acceptors (Lipinski definition) is 2. The van der Waals surface area contributed by atoms with E-state index in [-0.39, 0.29) is 0 Å². The molecular formula is C15H16N2S. The van der Waals surface area contributed by atoms with Crippen LogP contribution in [0.1, 0.15) is 35.7 Å². The Balaban J connectivity index is 2.16. The molecule has 0 bridgehead atoms. The lowest BCUT2D eigenvalue weighted by Gasteiger charge is -2.10. The summed E-state index contributed by atoms with van der Waals surface area (Å²) in [7, 11) is 0. The molecule has 0 saturated heterocycles. The van der Waals surface area contributed by atoms with Gasteiger partial charge in [-0.05, 0) is 43.9 Å². The van der Waals surface area contributed by atoms with Gasteiger partial charge >= 0.3 is 0 Å². The Hall–Kier alpha value is -1.48. The summed E-state index contributed by atoms with van der Waals surface area (Å²) in [5, 5.41) is 0. The second kappa shape index (κ2) is 4.32. The Morgan fingerprint density at radius 2 is 2.06 bits per heavy atom. The summed E-state index contributed by atoms with van der Waals surface area (Å²) < 4.78 is 0.687. The third-order valence-electron chi connectivity index (χ3n) is 3.62. The summed E-state index contributed by atoms with van der Waals surface area (Å²) in [5.41, 5.74) is 4.93. The van der Waals surface area contributed by atoms with E-state index in [2.05, 4.69) is 42.0 Å². The number of H-pyrrole nitrogens is 1. The molecule has 0 aliphatic heterocycles. The van der Waals surface area contributed by atoms with Crippen LogP contribution in [-0.4, -0.2) is 9.97 Å². The van der Waals surface area contributed by atoms with Crippen molar-refractivity contribution in [2.75, 3.05) is 0 Å². The fourth-order valence-corrected chi connectivity index (χ4v) is 2.43. The molecule has 1 fully saturated rings. The summed E-state index contributed by atoms with van der Waals surface area (Å²) in [6.07, 6.45) is 2.46. The van der Waals surface area contributed by atoms with Gasteiger partial charge in [-0.25, -0.2) is 4.98 Å². The Morgan fingerprint density at radius 3 is 2.78 bits per heavy atom. The maximum atomic E-state index is 5.28. The number of nitrogens with one attached hydrogen (secondary N) is 1. The van der Waals surface area contributed by atoms with E-state index in [1.165, 1.54) is 29.5 Å². The molecular weight excluding hydrogens is 240 g/mol. The zero-order valence-electron chi connectivity index (χ0n) is 10.7. The molecule has 92 valence electrons. The standard InChI is InChI=1S/C15H16N2S/c1-9-4-3-5-12(10(9)2)13-8-14(18)17-15(16-13)11-6-7-11/h3-5,8,11H,6-7H2,1-2H3,(H,16,17,18). The van der Waals surface area contributed by atoms with E-state index in [9.17, 15) is 0 Å². The van der Waals surface area contributed by atoms with Gasteiger partial charge < -0.3 is 4.98 Å². The molecule has 18 heavy (non-hydrogen) atoms. The van der Waals surface area contributed by atoms with E-state index < -0.39 is 0 Å². The fourth-order valence-electron chi connectivity index (χ4n) is 2.21. The molecule has 1 aromatic heterocycles. The normalized spacial score (nSPS) is 14.8. The Morgan fingerprint density at radius 1 is 1.28 bits per heavy atom. The molecule has 1 aromatic carbocycles. The Kier molecular flexibility index (Phi) is 2.78. The number of aromatic nitrogens is 2. The highest BCUT2D eigenvalue weighted by Crippen LogP contribution is 2.38. The van der Waals surface area contributed by atoms with Crippen molar-refractivity contribution in [3.05, 3.63) is 45.9 Å². The molecule has 0 amide bonds. The first-order valence-electron chi connectivity index (χ1n) is 6.33. The summed E-state index contributed by atoms with van der Waals surface area (Å²) in [6, 6.07) is 8.32. The quantitative estimate of drug-likeness (QED) is 0.811. The van der Waals surface area contributed by atoms with Gasteiger partial charge in [0.15, 0.2) is 0 Å². The smallest absolute Gasteiger partial charge is 0.130 e. The van der Waals surface area contributed by atoms with Crippen LogP contribution in [0.5, 0.6) is 0 Å². The highest BCUT2D eigenvalue weighted by molar-refractivity contribution is 7.71. The van der Waals surface area contributed by atoms with Gasteiger partial charge in [-0.3, -0.25) is 0 Å². The van der Waals surface area contributed by atoms with Crippen molar-refractivity contribution in [1.82, 2.24) is 9.97 Å². The number of aromatic amines is 1. The maximum Gasteiger partial charge on any atom is 0.130 e. The van der Waals surface area contributed by atoms with E-state index in [0.717, 1.165) is 11.5 Å². The van der Waals surface area contributed by atoms with Crippen LogP contribution in [0.3, 0.4) is 0 Å². The third-order valence-corrected chi connectivity index (χ3v) is 3.83. The SMILES string of the molecule is Cc1cccc(-c2cc(=S)nc(C3CC3)[nH]2)c1C. The Labute approximate surface area is 112 Å². The molecule has 1 aliphatic carbocycles. The zero-order valence-corrected chi connectivity index (χ0v) is 11.5. The van der Waals surface area contributed by atoms with Crippen molar-refractivity contribution < 1.29 is 0 Å². The first-order chi connectivity index (χ1) is 8.65. The van der Waals surface area contributed by atoms with Gasteiger partial charge in [-0.2, -0.15) is 0 Å². The van der Waals surface area contributed by atoms with Crippen LogP contribution in [-0.2, 0) is 0 Å². The minimum atomic E-state index is 0.594. The minimum Gasteiger partial charge on any atom is -0.343 e. The van der Waals surface area contributed by atoms with Gasteiger partial charge in [0.25, 0.3) is 0 Å². The molecule has 1 N–H and O–H groups in total. The summed E-state index contributed by atoms with van der Waals surface area (Å²) >= 11 is 5.28. The topological polar surface area (TPSA) is 28.7 Å². The van der Waals surface area contributed by atoms with Gasteiger partial charge in [0, 0.05) is 17.2 Å². The zero-order chi connectivity index (χ0) is 12.7. The first-order valence-corrected chi connectivity index (χ1v) is 6.74. The number of hydrogen-bond donors (Lipinski definition) is 1. The van der Waals surface area contributed by atoms with Gasteiger partial charge in [-0.15, -0.1) is 0 Å². The van der Waals surface area contributed by atoms with Crippen molar-refractivity contribution in [2.45, 2.75) is 32.6 Å². The predicted octanol–water partition coefficient (Wildman–Crippen LogP) is 4.30. The van der Waals surface area contributed by atoms with Crippen LogP contribution in [0.4, 0.5) is 0 Å². The van der Waals surface area contributed by atoms with Crippen LogP contribution in [0.2, 0.25) is 0 Å². The molecule has 0 unspecified atom stereocenters. The third kappa shape index (κ3) is 2.10. The molecule has 3 heteroatoms. The van der Waals surface area contributed by atoms with Crippen LogP contribution in [0, 0.1) is 18.5 Å². The highest BCUT2D eigenvalue weighted by atomic mass is 32.1. The van der Waals surface area contributed by atoms with Gasteiger partial charge in [0.05, 0.1) is 0 Å². The van der Waals surface area contributed by atoms with E-state index in [1.807, 2.05) is 6.07 Å². The summed E-state index contributed by atoms with van der Waals surface area (Å²) in [5.74, 6) is 1.65. The Bertz CT molecular complexity index is 654. The van der Waals surface area contributed by atoms with Crippen molar-refractivity contribution in [3.63, 3.8) is 0 Å². The molecule has 1 saturated carbocycles. The highest BCUT2D eigenvalue weighted by Gasteiger charge is 2.26. The predicted molar refractivity (Wildman–Crippen MR) is 76.3 cm³/mol. The molecule has 1 heterocycles. The molecule has 2 aromatic rings. The number of nitrogens with zero attached hydrogens (tertiary/aromatic N) is 1. The summed E-state index contributed by atoms with van der Waals surface area (Å²) in [4.78, 5) is 7.89. The van der Waals surface area contributed by atoms with Crippen molar-refractivity contribution in [3.8, 4) is 11.3 Å². The summed E-state index contributed by atoms with van der Waals surface area (Å²) in [6.45, 7) is 4.29. The number of aryl methyl sites for hydroxylation is 1. The maximum absolute atomic E-state index is 5.28. The van der Waals surface area contributed by atoms with Gasteiger partial charge in [0.1, 0.15) is 10.5 Å². The van der Waals surface area contributed by atoms with Gasteiger partial charge in [0.2, 0.25) is 0 Å². The van der Waals surface area contributed by atoms with Crippen molar-refractivity contribution >= 4 is 12.2 Å².